The van der Waals surface area contributed by atoms with E-state index in [1.807, 2.05) is 6.92 Å². The van der Waals surface area contributed by atoms with Crippen molar-refractivity contribution >= 4 is 5.57 Å². The minimum Gasteiger partial charge on any atom is -0.385 e. The van der Waals surface area contributed by atoms with Crippen LogP contribution in [0.4, 0.5) is 0 Å². The van der Waals surface area contributed by atoms with Gasteiger partial charge in [0, 0.05) is 12.2 Å². The zero-order valence-corrected chi connectivity index (χ0v) is 9.66. The summed E-state index contributed by atoms with van der Waals surface area (Å²) in [6.45, 7) is 6.69. The van der Waals surface area contributed by atoms with Crippen molar-refractivity contribution in [3.8, 4) is 0 Å². The third kappa shape index (κ3) is 2.43. The minimum atomic E-state index is 0.844. The molecule has 1 aliphatic rings. The van der Waals surface area contributed by atoms with Crippen LogP contribution >= 0.6 is 0 Å². The number of allylic oxidation sites excluding steroid dienone is 4. The fourth-order valence-electron chi connectivity index (χ4n) is 1.88. The second kappa shape index (κ2) is 4.84. The molecule has 0 atom stereocenters. The van der Waals surface area contributed by atoms with Gasteiger partial charge in [-0.3, -0.25) is 0 Å². The Morgan fingerprint density at radius 2 is 2.19 bits per heavy atom. The minimum absolute atomic E-state index is 0.844. The largest absolute Gasteiger partial charge is 0.385 e. The lowest BCUT2D eigenvalue weighted by Crippen LogP contribution is -2.13. The Balaban J connectivity index is 2.27. The van der Waals surface area contributed by atoms with Crippen molar-refractivity contribution in [2.24, 2.45) is 0 Å². The van der Waals surface area contributed by atoms with Crippen molar-refractivity contribution in [3.63, 3.8) is 0 Å². The van der Waals surface area contributed by atoms with Crippen LogP contribution in [0, 0.1) is 0 Å². The fraction of sp³-hybridized carbons (Fsp3) is 0.200. The maximum absolute atomic E-state index is 3.86. The Morgan fingerprint density at radius 3 is 3.00 bits per heavy atom. The molecule has 0 unspecified atom stereocenters. The quantitative estimate of drug-likeness (QED) is 0.808. The molecule has 0 saturated carbocycles. The molecule has 1 aromatic carbocycles. The Kier molecular flexibility index (Phi) is 3.25. The van der Waals surface area contributed by atoms with E-state index in [1.54, 1.807) is 0 Å². The molecular weight excluding hydrogens is 194 g/mol. The van der Waals surface area contributed by atoms with E-state index in [2.05, 4.69) is 54.4 Å². The van der Waals surface area contributed by atoms with E-state index >= 15 is 0 Å². The molecule has 0 radical (unpaired) electrons. The maximum Gasteiger partial charge on any atom is 0.0403 e. The van der Waals surface area contributed by atoms with E-state index in [4.69, 9.17) is 0 Å². The number of hydrogen-bond donors (Lipinski definition) is 1. The van der Waals surface area contributed by atoms with E-state index in [1.165, 1.54) is 16.7 Å². The molecule has 1 N–H and O–H groups in total. The molecule has 82 valence electrons. The molecule has 1 aliphatic carbocycles. The first-order valence-electron chi connectivity index (χ1n) is 5.61. The van der Waals surface area contributed by atoms with Crippen molar-refractivity contribution in [1.82, 2.24) is 5.32 Å². The van der Waals surface area contributed by atoms with Gasteiger partial charge in [0.1, 0.15) is 0 Å². The Morgan fingerprint density at radius 1 is 1.38 bits per heavy atom. The number of benzene rings is 1. The van der Waals surface area contributed by atoms with Crippen LogP contribution in [0.1, 0.15) is 18.1 Å². The molecule has 2 rings (SSSR count). The molecule has 0 saturated heterocycles. The van der Waals surface area contributed by atoms with Gasteiger partial charge in [-0.2, -0.15) is 0 Å². The Hall–Kier alpha value is -1.76. The van der Waals surface area contributed by atoms with Gasteiger partial charge in [0.05, 0.1) is 0 Å². The third-order valence-electron chi connectivity index (χ3n) is 2.72. The van der Waals surface area contributed by atoms with Crippen molar-refractivity contribution in [1.29, 1.82) is 0 Å². The van der Waals surface area contributed by atoms with Gasteiger partial charge in [0.2, 0.25) is 0 Å². The van der Waals surface area contributed by atoms with Crippen molar-refractivity contribution < 1.29 is 0 Å². The first kappa shape index (κ1) is 10.7. The fourth-order valence-corrected chi connectivity index (χ4v) is 1.88. The summed E-state index contributed by atoms with van der Waals surface area (Å²) in [6, 6.07) is 8.58. The topological polar surface area (TPSA) is 12.0 Å². The SMILES string of the molecule is C=C(C)NCC1=CC=CCc2ccccc21. The van der Waals surface area contributed by atoms with Crippen LogP contribution < -0.4 is 5.32 Å². The van der Waals surface area contributed by atoms with Crippen LogP contribution in [0.25, 0.3) is 5.57 Å². The first-order chi connectivity index (χ1) is 7.77. The van der Waals surface area contributed by atoms with Gasteiger partial charge < -0.3 is 5.32 Å². The highest BCUT2D eigenvalue weighted by Crippen LogP contribution is 2.22. The van der Waals surface area contributed by atoms with E-state index in [9.17, 15) is 0 Å². The molecule has 1 heteroatoms. The average Bonchev–Trinajstić information content (AvgIpc) is 2.48. The Labute approximate surface area is 97.2 Å². The van der Waals surface area contributed by atoms with Crippen molar-refractivity contribution in [2.45, 2.75) is 13.3 Å². The summed E-state index contributed by atoms with van der Waals surface area (Å²) in [7, 11) is 0. The Bertz CT molecular complexity index is 452. The average molecular weight is 211 g/mol. The monoisotopic (exact) mass is 211 g/mol. The predicted molar refractivity (Wildman–Crippen MR) is 70.1 cm³/mol. The van der Waals surface area contributed by atoms with E-state index in [0.717, 1.165) is 18.7 Å². The van der Waals surface area contributed by atoms with Crippen LogP contribution in [0.15, 0.2) is 54.8 Å². The third-order valence-corrected chi connectivity index (χ3v) is 2.72. The lowest BCUT2D eigenvalue weighted by atomic mass is 9.99. The second-order valence-corrected chi connectivity index (χ2v) is 4.12. The highest BCUT2D eigenvalue weighted by Gasteiger charge is 2.07. The summed E-state index contributed by atoms with van der Waals surface area (Å²) >= 11 is 0. The molecule has 0 aromatic heterocycles. The van der Waals surface area contributed by atoms with Gasteiger partial charge in [-0.15, -0.1) is 0 Å². The summed E-state index contributed by atoms with van der Waals surface area (Å²) in [6.07, 6.45) is 7.53. The second-order valence-electron chi connectivity index (χ2n) is 4.12. The summed E-state index contributed by atoms with van der Waals surface area (Å²) in [5.41, 5.74) is 5.08. The summed E-state index contributed by atoms with van der Waals surface area (Å²) < 4.78 is 0. The lowest BCUT2D eigenvalue weighted by molar-refractivity contribution is 0.920. The molecule has 16 heavy (non-hydrogen) atoms. The highest BCUT2D eigenvalue weighted by molar-refractivity contribution is 5.72. The van der Waals surface area contributed by atoms with Gasteiger partial charge >= 0.3 is 0 Å². The molecule has 0 spiro atoms. The van der Waals surface area contributed by atoms with Gasteiger partial charge in [0.25, 0.3) is 0 Å². The number of fused-ring (bicyclic) bond motifs is 1. The zero-order chi connectivity index (χ0) is 11.4. The number of nitrogens with one attached hydrogen (secondary N) is 1. The van der Waals surface area contributed by atoms with Crippen molar-refractivity contribution in [2.75, 3.05) is 6.54 Å². The first-order valence-corrected chi connectivity index (χ1v) is 5.61. The molecule has 1 aromatic rings. The van der Waals surface area contributed by atoms with Gasteiger partial charge in [-0.05, 0) is 30.0 Å². The summed E-state index contributed by atoms with van der Waals surface area (Å²) in [5, 5.41) is 3.29. The molecular formula is C15H17N. The molecule has 0 aliphatic heterocycles. The van der Waals surface area contributed by atoms with Crippen LogP contribution in [0.5, 0.6) is 0 Å². The zero-order valence-electron chi connectivity index (χ0n) is 9.66. The molecule has 0 heterocycles. The van der Waals surface area contributed by atoms with E-state index in [0.29, 0.717) is 0 Å². The molecule has 1 nitrogen and oxygen atoms in total. The normalized spacial score (nSPS) is 13.7. The van der Waals surface area contributed by atoms with Gasteiger partial charge in [-0.25, -0.2) is 0 Å². The lowest BCUT2D eigenvalue weighted by Gasteiger charge is -2.12. The van der Waals surface area contributed by atoms with Gasteiger partial charge in [0.15, 0.2) is 0 Å². The standard InChI is InChI=1S/C15H17N/c1-12(2)16-11-14-9-4-3-7-13-8-5-6-10-15(13)14/h3-6,8-10,16H,1,7,11H2,2H3. The molecule has 0 fully saturated rings. The van der Waals surface area contributed by atoms with Crippen molar-refractivity contribution in [3.05, 3.63) is 65.9 Å². The van der Waals surface area contributed by atoms with Gasteiger partial charge in [-0.1, -0.05) is 49.1 Å². The van der Waals surface area contributed by atoms with Crippen LogP contribution in [-0.2, 0) is 6.42 Å². The van der Waals surface area contributed by atoms with Crippen LogP contribution in [0.3, 0.4) is 0 Å². The molecule has 0 bridgehead atoms. The van der Waals surface area contributed by atoms with Crippen LogP contribution in [-0.4, -0.2) is 6.54 Å². The number of hydrogen-bond acceptors (Lipinski definition) is 1. The maximum atomic E-state index is 3.86. The number of rotatable bonds is 3. The highest BCUT2D eigenvalue weighted by atomic mass is 14.9. The van der Waals surface area contributed by atoms with E-state index < -0.39 is 0 Å². The summed E-state index contributed by atoms with van der Waals surface area (Å²) in [5.74, 6) is 0. The van der Waals surface area contributed by atoms with Crippen LogP contribution in [0.2, 0.25) is 0 Å². The smallest absolute Gasteiger partial charge is 0.0403 e. The van der Waals surface area contributed by atoms with E-state index in [-0.39, 0.29) is 0 Å². The summed E-state index contributed by atoms with van der Waals surface area (Å²) in [4.78, 5) is 0. The molecule has 0 amide bonds. The predicted octanol–water partition coefficient (Wildman–Crippen LogP) is 3.31.